The van der Waals surface area contributed by atoms with Crippen LogP contribution in [0.25, 0.3) is 11.0 Å². The van der Waals surface area contributed by atoms with E-state index in [0.717, 1.165) is 0 Å². The summed E-state index contributed by atoms with van der Waals surface area (Å²) in [6, 6.07) is 14.8. The molecule has 0 aliphatic carbocycles. The summed E-state index contributed by atoms with van der Waals surface area (Å²) >= 11 is 23.7. The van der Waals surface area contributed by atoms with Gasteiger partial charge in [-0.25, -0.2) is 13.1 Å². The number of fused-ring (bicyclic) bond motifs is 1. The summed E-state index contributed by atoms with van der Waals surface area (Å²) in [4.78, 5) is 12.2. The SMILES string of the molecule is O=C(NS(=O)(=O)c1ccc(Cl)cc1Cl)c1cc2ccc(Oc3ccc(Cl)cc3Cl)cc2o1. The van der Waals surface area contributed by atoms with Crippen LogP contribution >= 0.6 is 46.4 Å². The first kappa shape index (κ1) is 22.8. The molecule has 0 saturated carbocycles. The first-order chi connectivity index (χ1) is 15.1. The van der Waals surface area contributed by atoms with Crippen molar-refractivity contribution in [3.8, 4) is 11.5 Å². The molecule has 164 valence electrons. The van der Waals surface area contributed by atoms with Crippen molar-refractivity contribution in [2.45, 2.75) is 4.90 Å². The molecule has 1 aromatic heterocycles. The summed E-state index contributed by atoms with van der Waals surface area (Å²) in [6.45, 7) is 0. The number of rotatable bonds is 5. The zero-order chi connectivity index (χ0) is 23.0. The molecule has 0 saturated heterocycles. The smallest absolute Gasteiger partial charge is 0.300 e. The molecule has 1 heterocycles. The number of benzene rings is 3. The average Bonchev–Trinajstić information content (AvgIpc) is 3.13. The van der Waals surface area contributed by atoms with Crippen LogP contribution in [-0.2, 0) is 10.0 Å². The highest BCUT2D eigenvalue weighted by molar-refractivity contribution is 7.90. The molecule has 4 aromatic rings. The molecule has 11 heteroatoms. The predicted molar refractivity (Wildman–Crippen MR) is 124 cm³/mol. The number of carbonyl (C=O) groups is 1. The Morgan fingerprint density at radius 3 is 2.22 bits per heavy atom. The van der Waals surface area contributed by atoms with E-state index in [4.69, 9.17) is 55.6 Å². The molecular formula is C21H11Cl4NO5S. The van der Waals surface area contributed by atoms with Gasteiger partial charge in [-0.2, -0.15) is 0 Å². The number of hydrogen-bond donors (Lipinski definition) is 1. The molecule has 1 N–H and O–H groups in total. The molecular weight excluding hydrogens is 520 g/mol. The lowest BCUT2D eigenvalue weighted by molar-refractivity contribution is 0.0956. The summed E-state index contributed by atoms with van der Waals surface area (Å²) in [6.07, 6.45) is 0. The Balaban J connectivity index is 1.57. The van der Waals surface area contributed by atoms with Crippen molar-refractivity contribution in [1.82, 2.24) is 4.72 Å². The zero-order valence-corrected chi connectivity index (χ0v) is 19.6. The quantitative estimate of drug-likeness (QED) is 0.301. The van der Waals surface area contributed by atoms with Gasteiger partial charge in [0.1, 0.15) is 22.0 Å². The monoisotopic (exact) mass is 529 g/mol. The molecule has 1 amide bonds. The number of carbonyl (C=O) groups excluding carboxylic acids is 1. The number of furan rings is 1. The number of sulfonamides is 1. The van der Waals surface area contributed by atoms with E-state index >= 15 is 0 Å². The second kappa shape index (κ2) is 8.84. The summed E-state index contributed by atoms with van der Waals surface area (Å²) < 4.78 is 38.2. The number of amides is 1. The van der Waals surface area contributed by atoms with Crippen LogP contribution in [0.4, 0.5) is 0 Å². The van der Waals surface area contributed by atoms with Gasteiger partial charge in [0.2, 0.25) is 0 Å². The maximum absolute atomic E-state index is 12.5. The van der Waals surface area contributed by atoms with Gasteiger partial charge >= 0.3 is 5.91 Å². The van der Waals surface area contributed by atoms with Crippen LogP contribution in [0.5, 0.6) is 11.5 Å². The second-order valence-electron chi connectivity index (χ2n) is 6.50. The van der Waals surface area contributed by atoms with E-state index in [1.807, 2.05) is 4.72 Å². The van der Waals surface area contributed by atoms with E-state index in [0.29, 0.717) is 32.5 Å². The normalized spacial score (nSPS) is 11.5. The van der Waals surface area contributed by atoms with Crippen LogP contribution in [-0.4, -0.2) is 14.3 Å². The van der Waals surface area contributed by atoms with Gasteiger partial charge in [0, 0.05) is 21.5 Å². The molecule has 0 fully saturated rings. The zero-order valence-electron chi connectivity index (χ0n) is 15.7. The first-order valence-corrected chi connectivity index (χ1v) is 11.8. The van der Waals surface area contributed by atoms with Gasteiger partial charge < -0.3 is 9.15 Å². The standard InChI is InChI=1S/C21H11Cl4NO5S/c22-12-2-5-17(15(24)8-12)30-14-4-1-11-7-19(31-18(11)10-14)21(27)26-32(28,29)20-6-3-13(23)9-16(20)25/h1-10H,(H,26,27). The predicted octanol–water partition coefficient (Wildman–Crippen LogP) is 6.96. The molecule has 0 unspecified atom stereocenters. The topological polar surface area (TPSA) is 85.6 Å². The van der Waals surface area contributed by atoms with Crippen LogP contribution in [0, 0.1) is 0 Å². The Morgan fingerprint density at radius 2 is 1.53 bits per heavy atom. The van der Waals surface area contributed by atoms with E-state index in [9.17, 15) is 13.2 Å². The van der Waals surface area contributed by atoms with Crippen LogP contribution in [0.1, 0.15) is 10.6 Å². The minimum absolute atomic E-state index is 0.120. The number of hydrogen-bond acceptors (Lipinski definition) is 5. The van der Waals surface area contributed by atoms with Crippen molar-refractivity contribution >= 4 is 73.3 Å². The molecule has 0 aliphatic rings. The third-order valence-corrected chi connectivity index (χ3v) is 6.83. The van der Waals surface area contributed by atoms with E-state index < -0.39 is 15.9 Å². The number of nitrogens with one attached hydrogen (secondary N) is 1. The summed E-state index contributed by atoms with van der Waals surface area (Å²) in [5.41, 5.74) is 0.305. The maximum Gasteiger partial charge on any atom is 0.300 e. The molecule has 0 atom stereocenters. The molecule has 0 bridgehead atoms. The molecule has 6 nitrogen and oxygen atoms in total. The highest BCUT2D eigenvalue weighted by atomic mass is 35.5. The molecule has 3 aromatic carbocycles. The molecule has 4 rings (SSSR count). The van der Waals surface area contributed by atoms with Crippen molar-refractivity contribution in [1.29, 1.82) is 0 Å². The van der Waals surface area contributed by atoms with Gasteiger partial charge in [-0.15, -0.1) is 0 Å². The van der Waals surface area contributed by atoms with Gasteiger partial charge in [0.15, 0.2) is 5.76 Å². The van der Waals surface area contributed by atoms with E-state index in [-0.39, 0.29) is 20.7 Å². The highest BCUT2D eigenvalue weighted by Gasteiger charge is 2.24. The molecule has 0 aliphatic heterocycles. The summed E-state index contributed by atoms with van der Waals surface area (Å²) in [5.74, 6) is -0.403. The third-order valence-electron chi connectivity index (χ3n) is 4.25. The lowest BCUT2D eigenvalue weighted by Crippen LogP contribution is -2.30. The largest absolute Gasteiger partial charge is 0.456 e. The Morgan fingerprint density at radius 1 is 0.844 bits per heavy atom. The molecule has 32 heavy (non-hydrogen) atoms. The second-order valence-corrected chi connectivity index (χ2v) is 9.83. The van der Waals surface area contributed by atoms with Gasteiger partial charge in [-0.05, 0) is 54.6 Å². The fourth-order valence-corrected chi connectivity index (χ4v) is 4.97. The van der Waals surface area contributed by atoms with Gasteiger partial charge in [0.25, 0.3) is 10.0 Å². The van der Waals surface area contributed by atoms with Crippen LogP contribution in [0.15, 0.2) is 70.0 Å². The van der Waals surface area contributed by atoms with E-state index in [1.165, 1.54) is 24.3 Å². The average molecular weight is 531 g/mol. The van der Waals surface area contributed by atoms with Crippen molar-refractivity contribution in [2.24, 2.45) is 0 Å². The fourth-order valence-electron chi connectivity index (χ4n) is 2.79. The minimum atomic E-state index is -4.25. The molecule has 0 spiro atoms. The third kappa shape index (κ3) is 4.82. The fraction of sp³-hybridized carbons (Fsp3) is 0. The Bertz CT molecular complexity index is 1470. The highest BCUT2D eigenvalue weighted by Crippen LogP contribution is 2.33. The van der Waals surface area contributed by atoms with E-state index in [2.05, 4.69) is 0 Å². The maximum atomic E-state index is 12.5. The lowest BCUT2D eigenvalue weighted by Gasteiger charge is -2.07. The summed E-state index contributed by atoms with van der Waals surface area (Å²) in [7, 11) is -4.25. The van der Waals surface area contributed by atoms with Gasteiger partial charge in [-0.1, -0.05) is 46.4 Å². The van der Waals surface area contributed by atoms with Crippen molar-refractivity contribution in [2.75, 3.05) is 0 Å². The van der Waals surface area contributed by atoms with Gasteiger partial charge in [-0.3, -0.25) is 4.79 Å². The van der Waals surface area contributed by atoms with Crippen LogP contribution in [0.2, 0.25) is 20.1 Å². The Hall–Kier alpha value is -2.42. The van der Waals surface area contributed by atoms with Crippen LogP contribution < -0.4 is 9.46 Å². The first-order valence-electron chi connectivity index (χ1n) is 8.81. The van der Waals surface area contributed by atoms with Gasteiger partial charge in [0.05, 0.1) is 10.0 Å². The van der Waals surface area contributed by atoms with Crippen molar-refractivity contribution < 1.29 is 22.4 Å². The number of ether oxygens (including phenoxy) is 1. The van der Waals surface area contributed by atoms with E-state index in [1.54, 1.807) is 36.4 Å². The lowest BCUT2D eigenvalue weighted by atomic mass is 10.2. The van der Waals surface area contributed by atoms with Crippen LogP contribution in [0.3, 0.4) is 0 Å². The minimum Gasteiger partial charge on any atom is -0.456 e. The Kier molecular flexibility index (Phi) is 6.29. The number of halogens is 4. The van der Waals surface area contributed by atoms with Crippen molar-refractivity contribution in [3.63, 3.8) is 0 Å². The molecule has 0 radical (unpaired) electrons. The Labute approximate surface area is 202 Å². The summed E-state index contributed by atoms with van der Waals surface area (Å²) in [5, 5.41) is 1.49. The van der Waals surface area contributed by atoms with Crippen molar-refractivity contribution in [3.05, 3.63) is 86.5 Å².